The second-order valence-corrected chi connectivity index (χ2v) is 9.20. The molecule has 2 aromatic rings. The van der Waals surface area contributed by atoms with Crippen LogP contribution in [0.25, 0.3) is 11.1 Å². The van der Waals surface area contributed by atoms with E-state index in [1.54, 1.807) is 0 Å². The van der Waals surface area contributed by atoms with Crippen molar-refractivity contribution < 1.29 is 19.8 Å². The highest BCUT2D eigenvalue weighted by molar-refractivity contribution is 6.33. The summed E-state index contributed by atoms with van der Waals surface area (Å²) in [5, 5.41) is 25.2. The maximum atomic E-state index is 12.3. The van der Waals surface area contributed by atoms with Gasteiger partial charge in [-0.25, -0.2) is 4.79 Å². The minimum absolute atomic E-state index is 0.118. The predicted molar refractivity (Wildman–Crippen MR) is 130 cm³/mol. The number of aliphatic hydroxyl groups is 1. The number of nitrogens with one attached hydrogen (secondary N) is 1. The third-order valence-corrected chi connectivity index (χ3v) is 6.89. The first kappa shape index (κ1) is 25.1. The number of carboxylic acid groups (broad SMARTS) is 1. The monoisotopic (exact) mass is 472 g/mol. The molecule has 6 nitrogen and oxygen atoms in total. The lowest BCUT2D eigenvalue weighted by molar-refractivity contribution is -0.119. The van der Waals surface area contributed by atoms with Gasteiger partial charge in [-0.05, 0) is 54.9 Å². The van der Waals surface area contributed by atoms with Crippen LogP contribution >= 0.6 is 11.6 Å². The summed E-state index contributed by atoms with van der Waals surface area (Å²) in [6.07, 6.45) is 2.24. The van der Waals surface area contributed by atoms with Crippen molar-refractivity contribution in [3.8, 4) is 11.1 Å². The molecular weight excluding hydrogens is 440 g/mol. The number of rotatable bonds is 8. The van der Waals surface area contributed by atoms with E-state index < -0.39 is 11.7 Å². The van der Waals surface area contributed by atoms with Crippen molar-refractivity contribution in [2.75, 3.05) is 19.6 Å². The number of halogens is 1. The molecule has 3 rings (SSSR count). The van der Waals surface area contributed by atoms with Gasteiger partial charge in [-0.3, -0.25) is 4.79 Å². The van der Waals surface area contributed by atoms with Crippen LogP contribution in [0.15, 0.2) is 42.5 Å². The number of piperidine rings is 1. The molecule has 1 aliphatic rings. The molecule has 1 unspecified atom stereocenters. The van der Waals surface area contributed by atoms with Gasteiger partial charge in [-0.1, -0.05) is 54.9 Å². The number of likely N-dealkylation sites (tertiary alicyclic amines) is 1. The standard InChI is InChI=1S/C26H33ClN2O4/c1-3-19-8-4-9-20(16-19)24-22(11-5-12-23(24)27)26(33,13-7-14-28-18(2)30)21-10-6-15-29(17-21)25(31)32/h4-5,8-9,11-12,16,21,33H,3,6-7,10,13-15,17H2,1-2H3,(H,28,30)(H,31,32)/t21-,26?/m1/s1. The quantitative estimate of drug-likeness (QED) is 0.468. The first-order valence-electron chi connectivity index (χ1n) is 11.6. The van der Waals surface area contributed by atoms with E-state index in [1.165, 1.54) is 17.4 Å². The molecule has 1 heterocycles. The fourth-order valence-electron chi connectivity index (χ4n) is 4.85. The smallest absolute Gasteiger partial charge is 0.407 e. The topological polar surface area (TPSA) is 89.9 Å². The average Bonchev–Trinajstić information content (AvgIpc) is 2.81. The van der Waals surface area contributed by atoms with Crippen LogP contribution in [0.2, 0.25) is 5.02 Å². The maximum absolute atomic E-state index is 12.3. The Balaban J connectivity index is 2.07. The number of carbonyl (C=O) groups is 2. The second kappa shape index (κ2) is 11.0. The summed E-state index contributed by atoms with van der Waals surface area (Å²) in [4.78, 5) is 24.4. The third-order valence-electron chi connectivity index (χ3n) is 6.58. The van der Waals surface area contributed by atoms with E-state index in [2.05, 4.69) is 24.4 Å². The van der Waals surface area contributed by atoms with Crippen molar-refractivity contribution in [3.63, 3.8) is 0 Å². The van der Waals surface area contributed by atoms with Crippen LogP contribution in [0.3, 0.4) is 0 Å². The largest absolute Gasteiger partial charge is 0.465 e. The Labute approximate surface area is 200 Å². The Bertz CT molecular complexity index is 996. The summed E-state index contributed by atoms with van der Waals surface area (Å²) < 4.78 is 0. The van der Waals surface area contributed by atoms with Crippen LogP contribution < -0.4 is 5.32 Å². The van der Waals surface area contributed by atoms with Crippen molar-refractivity contribution in [1.29, 1.82) is 0 Å². The van der Waals surface area contributed by atoms with E-state index in [-0.39, 0.29) is 18.4 Å². The molecule has 2 atom stereocenters. The van der Waals surface area contributed by atoms with Gasteiger partial charge in [0.15, 0.2) is 0 Å². The first-order chi connectivity index (χ1) is 15.8. The molecule has 0 radical (unpaired) electrons. The predicted octanol–water partition coefficient (Wildman–Crippen LogP) is 5.06. The lowest BCUT2D eigenvalue weighted by atomic mass is 9.72. The molecule has 0 aromatic heterocycles. The highest BCUT2D eigenvalue weighted by atomic mass is 35.5. The second-order valence-electron chi connectivity index (χ2n) is 8.79. The Hall–Kier alpha value is -2.57. The third kappa shape index (κ3) is 5.87. The zero-order valence-corrected chi connectivity index (χ0v) is 20.1. The molecule has 1 saturated heterocycles. The van der Waals surface area contributed by atoms with Gasteiger partial charge in [-0.15, -0.1) is 0 Å². The molecule has 178 valence electrons. The summed E-state index contributed by atoms with van der Waals surface area (Å²) in [7, 11) is 0. The Morgan fingerprint density at radius 1 is 1.24 bits per heavy atom. The van der Waals surface area contributed by atoms with Gasteiger partial charge >= 0.3 is 6.09 Å². The van der Waals surface area contributed by atoms with E-state index in [0.29, 0.717) is 49.4 Å². The zero-order chi connectivity index (χ0) is 24.0. The average molecular weight is 473 g/mol. The molecule has 0 saturated carbocycles. The van der Waals surface area contributed by atoms with Crippen molar-refractivity contribution >= 4 is 23.6 Å². The minimum Gasteiger partial charge on any atom is -0.465 e. The van der Waals surface area contributed by atoms with Crippen molar-refractivity contribution in [2.45, 2.75) is 51.6 Å². The number of hydrogen-bond acceptors (Lipinski definition) is 3. The molecule has 33 heavy (non-hydrogen) atoms. The summed E-state index contributed by atoms with van der Waals surface area (Å²) in [5.41, 5.74) is 2.30. The molecule has 1 aliphatic heterocycles. The van der Waals surface area contributed by atoms with E-state index in [9.17, 15) is 19.8 Å². The molecular formula is C26H33ClN2O4. The lowest BCUT2D eigenvalue weighted by Crippen LogP contribution is -2.48. The van der Waals surface area contributed by atoms with E-state index >= 15 is 0 Å². The van der Waals surface area contributed by atoms with Crippen molar-refractivity contribution in [1.82, 2.24) is 10.2 Å². The molecule has 1 fully saturated rings. The Morgan fingerprint density at radius 2 is 2.00 bits per heavy atom. The number of aryl methyl sites for hydroxylation is 1. The van der Waals surface area contributed by atoms with Gasteiger partial charge in [0.1, 0.15) is 0 Å². The highest BCUT2D eigenvalue weighted by Gasteiger charge is 2.42. The van der Waals surface area contributed by atoms with Gasteiger partial charge in [0.25, 0.3) is 0 Å². The van der Waals surface area contributed by atoms with Crippen LogP contribution in [0.5, 0.6) is 0 Å². The van der Waals surface area contributed by atoms with Crippen LogP contribution in [0.4, 0.5) is 4.79 Å². The first-order valence-corrected chi connectivity index (χ1v) is 12.0. The fourth-order valence-corrected chi connectivity index (χ4v) is 5.13. The van der Waals surface area contributed by atoms with Crippen LogP contribution in [-0.4, -0.2) is 46.7 Å². The molecule has 0 aliphatic carbocycles. The minimum atomic E-state index is -1.30. The number of hydrogen-bond donors (Lipinski definition) is 3. The molecule has 2 aromatic carbocycles. The van der Waals surface area contributed by atoms with Crippen molar-refractivity contribution in [2.24, 2.45) is 5.92 Å². The van der Waals surface area contributed by atoms with E-state index in [0.717, 1.165) is 17.5 Å². The van der Waals surface area contributed by atoms with Crippen LogP contribution in [0.1, 0.15) is 50.7 Å². The highest BCUT2D eigenvalue weighted by Crippen LogP contribution is 2.45. The fraction of sp³-hybridized carbons (Fsp3) is 0.462. The normalized spacial score (nSPS) is 17.9. The maximum Gasteiger partial charge on any atom is 0.407 e. The molecule has 0 spiro atoms. The lowest BCUT2D eigenvalue weighted by Gasteiger charge is -2.43. The zero-order valence-electron chi connectivity index (χ0n) is 19.3. The van der Waals surface area contributed by atoms with Gasteiger partial charge in [-0.2, -0.15) is 0 Å². The van der Waals surface area contributed by atoms with Gasteiger partial charge in [0.2, 0.25) is 5.91 Å². The number of amides is 2. The SMILES string of the molecule is CCc1cccc(-c2c(Cl)cccc2C(O)(CCCNC(C)=O)[C@@H]2CCCN(C(=O)O)C2)c1. The number of nitrogens with zero attached hydrogens (tertiary/aromatic N) is 1. The van der Waals surface area contributed by atoms with E-state index in [4.69, 9.17) is 11.6 Å². The number of carbonyl (C=O) groups excluding carboxylic acids is 1. The molecule has 0 bridgehead atoms. The molecule has 7 heteroatoms. The van der Waals surface area contributed by atoms with Gasteiger partial charge < -0.3 is 20.4 Å². The van der Waals surface area contributed by atoms with E-state index in [1.807, 2.05) is 30.3 Å². The summed E-state index contributed by atoms with van der Waals surface area (Å²) in [5.74, 6) is -0.403. The summed E-state index contributed by atoms with van der Waals surface area (Å²) in [6.45, 7) is 4.72. The Kier molecular flexibility index (Phi) is 8.38. The Morgan fingerprint density at radius 3 is 2.70 bits per heavy atom. The number of benzene rings is 2. The van der Waals surface area contributed by atoms with Crippen LogP contribution in [0, 0.1) is 5.92 Å². The summed E-state index contributed by atoms with van der Waals surface area (Å²) >= 11 is 6.71. The van der Waals surface area contributed by atoms with Gasteiger partial charge in [0.05, 0.1) is 5.60 Å². The summed E-state index contributed by atoms with van der Waals surface area (Å²) in [6, 6.07) is 13.7. The molecule has 3 N–H and O–H groups in total. The van der Waals surface area contributed by atoms with Gasteiger partial charge in [0, 0.05) is 43.1 Å². The molecule has 2 amide bonds. The van der Waals surface area contributed by atoms with Crippen LogP contribution in [-0.2, 0) is 16.8 Å². The van der Waals surface area contributed by atoms with Crippen molar-refractivity contribution in [3.05, 3.63) is 58.6 Å².